The fourth-order valence-electron chi connectivity index (χ4n) is 1.07. The highest BCUT2D eigenvalue weighted by Gasteiger charge is 2.09. The minimum atomic E-state index is 0.117. The van der Waals surface area contributed by atoms with Crippen LogP contribution in [0.2, 0.25) is 0 Å². The van der Waals surface area contributed by atoms with E-state index in [2.05, 4.69) is 10.6 Å². The predicted molar refractivity (Wildman–Crippen MR) is 54.4 cm³/mol. The molecular weight excluding hydrogens is 184 g/mol. The summed E-state index contributed by atoms with van der Waals surface area (Å²) < 4.78 is 0. The Morgan fingerprint density at radius 2 is 2.07 bits per heavy atom. The molecule has 0 saturated heterocycles. The highest BCUT2D eigenvalue weighted by molar-refractivity contribution is 4.54. The summed E-state index contributed by atoms with van der Waals surface area (Å²) in [6.45, 7) is 7.72. The summed E-state index contributed by atoms with van der Waals surface area (Å²) in [5.74, 6) is 0. The molecule has 84 valence electrons. The standard InChI is InChI=1S/C8H20N4O2/c1-4-6-11(12(14)10-13)7-5-9-8(2)3/h8-9,13H,4-7H2,1-3H3/p-1/b12-10-. The maximum atomic E-state index is 10.9. The summed E-state index contributed by atoms with van der Waals surface area (Å²) in [5, 5.41) is 27.8. The minimum Gasteiger partial charge on any atom is -0.737 e. The third kappa shape index (κ3) is 5.58. The van der Waals surface area contributed by atoms with Crippen molar-refractivity contribution in [3.63, 3.8) is 0 Å². The Morgan fingerprint density at radius 1 is 1.43 bits per heavy atom. The molecule has 0 aromatic carbocycles. The van der Waals surface area contributed by atoms with Crippen LogP contribution in [0.4, 0.5) is 0 Å². The quantitative estimate of drug-likeness (QED) is 0.381. The average Bonchev–Trinajstić information content (AvgIpc) is 2.15. The summed E-state index contributed by atoms with van der Waals surface area (Å²) >= 11 is 0. The lowest BCUT2D eigenvalue weighted by Gasteiger charge is -2.19. The number of hydrogen-bond acceptors (Lipinski definition) is 4. The van der Waals surface area contributed by atoms with Crippen LogP contribution in [-0.2, 0) is 0 Å². The lowest BCUT2D eigenvalue weighted by molar-refractivity contribution is -0.690. The zero-order chi connectivity index (χ0) is 11.0. The number of hydrazine groups is 1. The van der Waals surface area contributed by atoms with Gasteiger partial charge in [0.1, 0.15) is 0 Å². The van der Waals surface area contributed by atoms with Crippen LogP contribution in [0.3, 0.4) is 0 Å². The van der Waals surface area contributed by atoms with Gasteiger partial charge < -0.3 is 15.7 Å². The lowest BCUT2D eigenvalue weighted by atomic mass is 10.4. The first-order chi connectivity index (χ1) is 6.61. The van der Waals surface area contributed by atoms with E-state index in [4.69, 9.17) is 0 Å². The van der Waals surface area contributed by atoms with Gasteiger partial charge in [0, 0.05) is 17.6 Å². The van der Waals surface area contributed by atoms with Crippen molar-refractivity contribution < 1.29 is 4.97 Å². The summed E-state index contributed by atoms with van der Waals surface area (Å²) in [6, 6.07) is 0.378. The second kappa shape index (κ2) is 7.37. The Kier molecular flexibility index (Phi) is 6.82. The first-order valence-corrected chi connectivity index (χ1v) is 4.90. The predicted octanol–water partition coefficient (Wildman–Crippen LogP) is 1.07. The van der Waals surface area contributed by atoms with Gasteiger partial charge in [-0.2, -0.15) is 0 Å². The van der Waals surface area contributed by atoms with E-state index in [-0.39, 0.29) is 4.97 Å². The van der Waals surface area contributed by atoms with E-state index in [1.165, 1.54) is 5.01 Å². The lowest BCUT2D eigenvalue weighted by Crippen LogP contribution is -2.38. The van der Waals surface area contributed by atoms with Gasteiger partial charge in [0.2, 0.25) is 0 Å². The largest absolute Gasteiger partial charge is 0.737 e. The number of rotatable bonds is 7. The molecule has 1 N–H and O–H groups in total. The Bertz CT molecular complexity index is 173. The van der Waals surface area contributed by atoms with E-state index >= 15 is 0 Å². The molecule has 0 fully saturated rings. The Morgan fingerprint density at radius 3 is 2.50 bits per heavy atom. The molecule has 0 radical (unpaired) electrons. The van der Waals surface area contributed by atoms with Gasteiger partial charge in [0.15, 0.2) is 0 Å². The topological polar surface area (TPSA) is 76.8 Å². The van der Waals surface area contributed by atoms with Crippen LogP contribution in [-0.4, -0.2) is 35.7 Å². The monoisotopic (exact) mass is 203 g/mol. The van der Waals surface area contributed by atoms with Crippen molar-refractivity contribution in [1.82, 2.24) is 10.3 Å². The molecule has 0 aliphatic heterocycles. The summed E-state index contributed by atoms with van der Waals surface area (Å²) in [4.78, 5) is 0.117. The molecule has 0 rings (SSSR count). The van der Waals surface area contributed by atoms with E-state index in [9.17, 15) is 10.4 Å². The molecule has 0 aliphatic carbocycles. The third-order valence-electron chi connectivity index (χ3n) is 1.72. The summed E-state index contributed by atoms with van der Waals surface area (Å²) in [6.07, 6.45) is 0.815. The molecule has 0 amide bonds. The van der Waals surface area contributed by atoms with Gasteiger partial charge in [-0.3, -0.25) is 0 Å². The smallest absolute Gasteiger partial charge is 0.0892 e. The maximum Gasteiger partial charge on any atom is 0.0892 e. The second-order valence-corrected chi connectivity index (χ2v) is 3.40. The average molecular weight is 203 g/mol. The second-order valence-electron chi connectivity index (χ2n) is 3.40. The van der Waals surface area contributed by atoms with Crippen LogP contribution < -0.4 is 5.32 Å². The fraction of sp³-hybridized carbons (Fsp3) is 1.00. The van der Waals surface area contributed by atoms with E-state index in [1.54, 1.807) is 0 Å². The van der Waals surface area contributed by atoms with Crippen molar-refractivity contribution in [2.45, 2.75) is 33.2 Å². The van der Waals surface area contributed by atoms with Crippen molar-refractivity contribution in [3.8, 4) is 0 Å². The Hall–Kier alpha value is -1.04. The highest BCUT2D eigenvalue weighted by atomic mass is 16.6. The van der Waals surface area contributed by atoms with Crippen LogP contribution in [0, 0.1) is 10.4 Å². The number of nitrogens with one attached hydrogen (secondary N) is 1. The van der Waals surface area contributed by atoms with Crippen molar-refractivity contribution in [2.75, 3.05) is 19.6 Å². The van der Waals surface area contributed by atoms with Crippen LogP contribution >= 0.6 is 0 Å². The molecule has 14 heavy (non-hydrogen) atoms. The number of hydrogen-bond donors (Lipinski definition) is 1. The molecule has 0 aromatic heterocycles. The first kappa shape index (κ1) is 13.0. The van der Waals surface area contributed by atoms with Gasteiger partial charge in [-0.05, 0) is 11.7 Å². The normalized spacial score (nSPS) is 12.1. The third-order valence-corrected chi connectivity index (χ3v) is 1.72. The van der Waals surface area contributed by atoms with Gasteiger partial charge in [-0.25, -0.2) is 0 Å². The maximum absolute atomic E-state index is 10.9. The van der Waals surface area contributed by atoms with Gasteiger partial charge >= 0.3 is 0 Å². The van der Waals surface area contributed by atoms with Gasteiger partial charge in [-0.15, -0.1) is 5.01 Å². The molecule has 0 unspecified atom stereocenters. The Balaban J connectivity index is 3.85. The molecular formula is C8H19N4O2-. The molecule has 0 atom stereocenters. The van der Waals surface area contributed by atoms with Crippen molar-refractivity contribution in [1.29, 1.82) is 0 Å². The highest BCUT2D eigenvalue weighted by Crippen LogP contribution is 1.92. The first-order valence-electron chi connectivity index (χ1n) is 4.90. The molecule has 6 heteroatoms. The van der Waals surface area contributed by atoms with Crippen LogP contribution in [0.5, 0.6) is 0 Å². The van der Waals surface area contributed by atoms with Gasteiger partial charge in [0.25, 0.3) is 0 Å². The van der Waals surface area contributed by atoms with Crippen molar-refractivity contribution in [3.05, 3.63) is 10.4 Å². The molecule has 0 aliphatic rings. The van der Waals surface area contributed by atoms with E-state index in [1.807, 2.05) is 20.8 Å². The van der Waals surface area contributed by atoms with Crippen LogP contribution in [0.1, 0.15) is 27.2 Å². The van der Waals surface area contributed by atoms with Crippen LogP contribution in [0.25, 0.3) is 0 Å². The van der Waals surface area contributed by atoms with E-state index in [0.717, 1.165) is 6.42 Å². The molecule has 0 aromatic rings. The summed E-state index contributed by atoms with van der Waals surface area (Å²) in [5.41, 5.74) is 0. The molecule has 0 saturated carbocycles. The molecule has 0 heterocycles. The fourth-order valence-corrected chi connectivity index (χ4v) is 1.07. The molecule has 0 bridgehead atoms. The molecule has 6 nitrogen and oxygen atoms in total. The van der Waals surface area contributed by atoms with Crippen molar-refractivity contribution >= 4 is 0 Å². The van der Waals surface area contributed by atoms with Gasteiger partial charge in [-0.1, -0.05) is 20.8 Å². The zero-order valence-corrected chi connectivity index (χ0v) is 9.06. The van der Waals surface area contributed by atoms with Crippen LogP contribution in [0.15, 0.2) is 5.28 Å². The molecule has 0 spiro atoms. The zero-order valence-electron chi connectivity index (χ0n) is 9.06. The van der Waals surface area contributed by atoms with E-state index in [0.29, 0.717) is 25.7 Å². The number of nitrogens with zero attached hydrogens (tertiary/aromatic N) is 3. The SMILES string of the molecule is CCCN(CCNC(C)C)/[N+]([O-])=N/[O-]. The Labute approximate surface area is 84.7 Å². The van der Waals surface area contributed by atoms with Gasteiger partial charge in [0.05, 0.1) is 13.1 Å². The van der Waals surface area contributed by atoms with Crippen molar-refractivity contribution in [2.24, 2.45) is 5.28 Å². The summed E-state index contributed by atoms with van der Waals surface area (Å²) in [7, 11) is 0. The minimum absolute atomic E-state index is 0.117. The van der Waals surface area contributed by atoms with E-state index < -0.39 is 0 Å².